The summed E-state index contributed by atoms with van der Waals surface area (Å²) in [4.78, 5) is 10.7. The van der Waals surface area contributed by atoms with Gasteiger partial charge in [0.25, 0.3) is 0 Å². The number of hydrogen-bond donors (Lipinski definition) is 3. The van der Waals surface area contributed by atoms with E-state index in [2.05, 4.69) is 0 Å². The summed E-state index contributed by atoms with van der Waals surface area (Å²) >= 11 is 0. The minimum atomic E-state index is -2.82. The van der Waals surface area contributed by atoms with Crippen molar-refractivity contribution in [2.24, 2.45) is 5.73 Å². The zero-order valence-electron chi connectivity index (χ0n) is 9.69. The predicted molar refractivity (Wildman–Crippen MR) is 47.4 cm³/mol. The van der Waals surface area contributed by atoms with Gasteiger partial charge in [0, 0.05) is 2.74 Å². The molecule has 0 saturated heterocycles. The monoisotopic (exact) mass is 184 g/mol. The van der Waals surface area contributed by atoms with Gasteiger partial charge in [-0.1, -0.05) is 12.1 Å². The topological polar surface area (TPSA) is 83.5 Å². The summed E-state index contributed by atoms with van der Waals surface area (Å²) in [5.74, 6) is -2.00. The molecule has 4 nitrogen and oxygen atoms in total. The van der Waals surface area contributed by atoms with Crippen LogP contribution in [0, 0.1) is 0 Å². The largest absolute Gasteiger partial charge is 0.508 e. The summed E-state index contributed by atoms with van der Waals surface area (Å²) < 4.78 is 22.4. The first-order valence-corrected chi connectivity index (χ1v) is 3.51. The Bertz CT molecular complexity index is 420. The molecule has 1 atom stereocenters. The molecular weight excluding hydrogens is 170 g/mol. The van der Waals surface area contributed by atoms with Crippen molar-refractivity contribution in [1.29, 1.82) is 0 Å². The van der Waals surface area contributed by atoms with Crippen LogP contribution in [0.2, 0.25) is 0 Å². The van der Waals surface area contributed by atoms with E-state index in [0.717, 1.165) is 6.07 Å². The Labute approximate surface area is 79.8 Å². The highest BCUT2D eigenvalue weighted by molar-refractivity contribution is 5.73. The lowest BCUT2D eigenvalue weighted by Gasteiger charge is -2.05. The number of rotatable bonds is 3. The maximum absolute atomic E-state index is 10.7. The number of aromatic hydroxyl groups is 1. The number of aliphatic carboxylic acids is 1. The van der Waals surface area contributed by atoms with E-state index in [-0.39, 0.29) is 11.3 Å². The predicted octanol–water partition coefficient (Wildman–Crippen LogP) is 0.347. The normalized spacial score (nSPS) is 19.3. The zero-order chi connectivity index (χ0) is 12.6. The number of carbonyl (C=O) groups is 1. The Morgan fingerprint density at radius 3 is 3.00 bits per heavy atom. The first-order chi connectivity index (χ1) is 7.19. The van der Waals surface area contributed by atoms with Gasteiger partial charge in [-0.3, -0.25) is 4.79 Å². The summed E-state index contributed by atoms with van der Waals surface area (Å²) in [6.45, 7) is 0. The Morgan fingerprint density at radius 1 is 1.77 bits per heavy atom. The maximum Gasteiger partial charge on any atom is 0.320 e. The van der Waals surface area contributed by atoms with Crippen molar-refractivity contribution in [1.82, 2.24) is 0 Å². The minimum absolute atomic E-state index is 0.160. The van der Waals surface area contributed by atoms with Crippen LogP contribution in [0.5, 0.6) is 5.75 Å². The average Bonchev–Trinajstić information content (AvgIpc) is 2.17. The molecule has 70 valence electrons. The molecule has 0 heterocycles. The van der Waals surface area contributed by atoms with E-state index in [1.54, 1.807) is 0 Å². The van der Waals surface area contributed by atoms with Crippen LogP contribution >= 0.6 is 0 Å². The Hall–Kier alpha value is -1.55. The summed E-state index contributed by atoms with van der Waals surface area (Å²) in [5.41, 5.74) is 4.97. The van der Waals surface area contributed by atoms with Crippen LogP contribution < -0.4 is 5.73 Å². The van der Waals surface area contributed by atoms with Crippen LogP contribution in [0.15, 0.2) is 24.3 Å². The summed E-state index contributed by atoms with van der Waals surface area (Å²) in [6.07, 6.45) is -2.61. The van der Waals surface area contributed by atoms with Crippen molar-refractivity contribution in [3.8, 4) is 5.75 Å². The van der Waals surface area contributed by atoms with Gasteiger partial charge in [0.1, 0.15) is 11.8 Å². The molecule has 4 N–H and O–H groups in total. The standard InChI is InChI=1S/C9H11NO3/c10-8(9(12)13)5-6-2-1-3-7(11)4-6/h1-4,8,11H,5,10H2,(H,12,13)/t8-/m0/s1/i5D2,8D. The van der Waals surface area contributed by atoms with Crippen LogP contribution in [0.4, 0.5) is 0 Å². The van der Waals surface area contributed by atoms with Gasteiger partial charge in [-0.25, -0.2) is 0 Å². The highest BCUT2D eigenvalue weighted by Crippen LogP contribution is 2.11. The molecule has 0 aliphatic rings. The fourth-order valence-electron chi connectivity index (χ4n) is 0.793. The van der Waals surface area contributed by atoms with Crippen molar-refractivity contribution in [3.63, 3.8) is 0 Å². The number of hydrogen-bond acceptors (Lipinski definition) is 3. The molecule has 0 bridgehead atoms. The second-order valence-electron chi connectivity index (χ2n) is 2.39. The molecule has 4 heteroatoms. The Balaban J connectivity index is 3.26. The van der Waals surface area contributed by atoms with Gasteiger partial charge in [-0.15, -0.1) is 0 Å². The Morgan fingerprint density at radius 2 is 2.46 bits per heavy atom. The molecule has 0 aromatic heterocycles. The number of phenolic OH excluding ortho intramolecular Hbond substituents is 1. The lowest BCUT2D eigenvalue weighted by Crippen LogP contribution is -2.32. The van der Waals surface area contributed by atoms with Gasteiger partial charge in [0.15, 0.2) is 0 Å². The summed E-state index contributed by atoms with van der Waals surface area (Å²) in [7, 11) is 0. The second kappa shape index (κ2) is 3.91. The fraction of sp³-hybridized carbons (Fsp3) is 0.222. The molecule has 1 aromatic carbocycles. The third-order valence-corrected chi connectivity index (χ3v) is 1.36. The molecule has 0 aliphatic heterocycles. The minimum Gasteiger partial charge on any atom is -0.508 e. The molecule has 1 rings (SSSR count). The smallest absolute Gasteiger partial charge is 0.320 e. The third kappa shape index (κ3) is 2.76. The lowest BCUT2D eigenvalue weighted by molar-refractivity contribution is -0.138. The van der Waals surface area contributed by atoms with Gasteiger partial charge >= 0.3 is 5.97 Å². The quantitative estimate of drug-likeness (QED) is 0.632. The van der Waals surface area contributed by atoms with Crippen LogP contribution in [0.3, 0.4) is 0 Å². The molecule has 0 fully saturated rings. The number of phenols is 1. The SMILES string of the molecule is [2H]C([2H])(c1cccc(O)c1)[C@]([2H])(N)C(=O)O. The van der Waals surface area contributed by atoms with Gasteiger partial charge < -0.3 is 15.9 Å². The molecule has 1 aromatic rings. The van der Waals surface area contributed by atoms with Gasteiger partial charge in [0.2, 0.25) is 0 Å². The molecule has 0 saturated carbocycles. The van der Waals surface area contributed by atoms with E-state index in [9.17, 15) is 4.79 Å². The van der Waals surface area contributed by atoms with Gasteiger partial charge in [-0.2, -0.15) is 0 Å². The molecule has 0 aliphatic carbocycles. The Kier molecular flexibility index (Phi) is 1.80. The molecule has 0 spiro atoms. The van der Waals surface area contributed by atoms with Gasteiger partial charge in [-0.05, 0) is 24.1 Å². The fourth-order valence-corrected chi connectivity index (χ4v) is 0.793. The van der Waals surface area contributed by atoms with E-state index in [1.165, 1.54) is 18.2 Å². The number of nitrogens with two attached hydrogens (primary N) is 1. The van der Waals surface area contributed by atoms with Crippen molar-refractivity contribution in [2.45, 2.75) is 12.4 Å². The summed E-state index contributed by atoms with van der Waals surface area (Å²) in [6, 6.07) is 2.14. The second-order valence-corrected chi connectivity index (χ2v) is 2.39. The zero-order valence-corrected chi connectivity index (χ0v) is 6.69. The van der Waals surface area contributed by atoms with E-state index in [1.807, 2.05) is 0 Å². The maximum atomic E-state index is 10.7. The van der Waals surface area contributed by atoms with Gasteiger partial charge in [0.05, 0.1) is 1.37 Å². The van der Waals surface area contributed by atoms with Crippen LogP contribution in [-0.4, -0.2) is 22.2 Å². The van der Waals surface area contributed by atoms with Crippen molar-refractivity contribution in [3.05, 3.63) is 29.8 Å². The van der Waals surface area contributed by atoms with Crippen LogP contribution in [0.1, 0.15) is 9.68 Å². The number of carboxylic acids is 1. The number of carboxylic acid groups (broad SMARTS) is 1. The molecule has 0 amide bonds. The van der Waals surface area contributed by atoms with Crippen molar-refractivity contribution >= 4 is 5.97 Å². The van der Waals surface area contributed by atoms with Crippen LogP contribution in [-0.2, 0) is 11.2 Å². The van der Waals surface area contributed by atoms with Crippen molar-refractivity contribution < 1.29 is 19.1 Å². The number of benzene rings is 1. The van der Waals surface area contributed by atoms with E-state index in [0.29, 0.717) is 0 Å². The first kappa shape index (κ1) is 5.99. The van der Waals surface area contributed by atoms with Crippen molar-refractivity contribution in [2.75, 3.05) is 0 Å². The molecule has 0 radical (unpaired) electrons. The highest BCUT2D eigenvalue weighted by atomic mass is 16.4. The van der Waals surface area contributed by atoms with E-state index >= 15 is 0 Å². The third-order valence-electron chi connectivity index (χ3n) is 1.36. The average molecular weight is 184 g/mol. The lowest BCUT2D eigenvalue weighted by atomic mass is 10.1. The first-order valence-electron chi connectivity index (χ1n) is 5.01. The van der Waals surface area contributed by atoms with Crippen LogP contribution in [0.25, 0.3) is 0 Å². The van der Waals surface area contributed by atoms with E-state index in [4.69, 9.17) is 20.1 Å². The molecule has 0 unspecified atom stereocenters. The highest BCUT2D eigenvalue weighted by Gasteiger charge is 2.11. The molecular formula is C9H11NO3. The summed E-state index contributed by atoms with van der Waals surface area (Å²) in [5, 5.41) is 17.9. The molecule has 13 heavy (non-hydrogen) atoms. The van der Waals surface area contributed by atoms with E-state index < -0.39 is 18.4 Å².